The van der Waals surface area contributed by atoms with Gasteiger partial charge in [-0.05, 0) is 39.5 Å². The van der Waals surface area contributed by atoms with Gasteiger partial charge in [-0.15, -0.1) is 11.8 Å². The molecular formula is C14H22S. The minimum atomic E-state index is 0.430. The molecule has 2 bridgehead atoms. The average Bonchev–Trinajstić information content (AvgIpc) is 2.70. The fourth-order valence-corrected chi connectivity index (χ4v) is 4.86. The topological polar surface area (TPSA) is 0 Å². The summed E-state index contributed by atoms with van der Waals surface area (Å²) in [5.41, 5.74) is 3.41. The van der Waals surface area contributed by atoms with Crippen LogP contribution in [0, 0.1) is 5.41 Å². The molecule has 2 aliphatic heterocycles. The Labute approximate surface area is 98.2 Å². The number of hydrogen-bond acceptors (Lipinski definition) is 1. The Balaban J connectivity index is 2.01. The molecule has 0 nitrogen and oxygen atoms in total. The molecule has 0 saturated carbocycles. The van der Waals surface area contributed by atoms with Crippen LogP contribution < -0.4 is 0 Å². The Bertz CT molecular complexity index is 298. The van der Waals surface area contributed by atoms with E-state index in [2.05, 4.69) is 45.2 Å². The fourth-order valence-electron chi connectivity index (χ4n) is 2.92. The van der Waals surface area contributed by atoms with Crippen molar-refractivity contribution in [2.24, 2.45) is 5.41 Å². The van der Waals surface area contributed by atoms with Crippen molar-refractivity contribution in [3.05, 3.63) is 23.8 Å². The molecule has 2 aliphatic rings. The summed E-state index contributed by atoms with van der Waals surface area (Å²) in [6.45, 7) is 11.2. The molecular weight excluding hydrogens is 200 g/mol. The van der Waals surface area contributed by atoms with Gasteiger partial charge in [0.25, 0.3) is 0 Å². The van der Waals surface area contributed by atoms with Crippen LogP contribution in [0.4, 0.5) is 0 Å². The summed E-state index contributed by atoms with van der Waals surface area (Å²) in [6, 6.07) is 0. The largest absolute Gasteiger partial charge is 0.150 e. The van der Waals surface area contributed by atoms with E-state index in [1.54, 1.807) is 0 Å². The standard InChI is InChI=1S/C14H22S/c1-10(2)6-5-9-14(4)11(3)12-7-8-13(14)15-12/h6,12-13H,3,5,7-9H2,1-2,4H3/t12-,13+,14-/m0/s1. The summed E-state index contributed by atoms with van der Waals surface area (Å²) in [6.07, 6.45) is 7.69. The molecule has 0 amide bonds. The number of hydrogen-bond donors (Lipinski definition) is 0. The molecule has 84 valence electrons. The second-order valence-electron chi connectivity index (χ2n) is 5.45. The molecule has 0 radical (unpaired) electrons. The highest BCUT2D eigenvalue weighted by molar-refractivity contribution is 8.01. The van der Waals surface area contributed by atoms with Gasteiger partial charge in [0.2, 0.25) is 0 Å². The summed E-state index contributed by atoms with van der Waals surface area (Å²) < 4.78 is 0. The quantitative estimate of drug-likeness (QED) is 0.630. The van der Waals surface area contributed by atoms with Gasteiger partial charge < -0.3 is 0 Å². The Kier molecular flexibility index (Phi) is 3.03. The molecule has 0 aromatic carbocycles. The Hall–Kier alpha value is -0.170. The lowest BCUT2D eigenvalue weighted by Gasteiger charge is -2.34. The number of fused-ring (bicyclic) bond motifs is 2. The van der Waals surface area contributed by atoms with Gasteiger partial charge in [-0.1, -0.05) is 30.7 Å². The van der Waals surface area contributed by atoms with Crippen LogP contribution in [0.3, 0.4) is 0 Å². The van der Waals surface area contributed by atoms with Crippen LogP contribution in [-0.4, -0.2) is 10.5 Å². The minimum Gasteiger partial charge on any atom is -0.150 e. The average molecular weight is 222 g/mol. The summed E-state index contributed by atoms with van der Waals surface area (Å²) >= 11 is 2.19. The number of rotatable bonds is 3. The summed E-state index contributed by atoms with van der Waals surface area (Å²) in [4.78, 5) is 0. The van der Waals surface area contributed by atoms with Gasteiger partial charge in [0.15, 0.2) is 0 Å². The van der Waals surface area contributed by atoms with Crippen LogP contribution in [0.2, 0.25) is 0 Å². The maximum absolute atomic E-state index is 4.35. The summed E-state index contributed by atoms with van der Waals surface area (Å²) in [5, 5.41) is 1.65. The second kappa shape index (κ2) is 4.01. The Morgan fingerprint density at radius 2 is 2.27 bits per heavy atom. The highest BCUT2D eigenvalue weighted by Gasteiger charge is 2.50. The monoisotopic (exact) mass is 222 g/mol. The predicted molar refractivity (Wildman–Crippen MR) is 70.3 cm³/mol. The van der Waals surface area contributed by atoms with Crippen LogP contribution in [-0.2, 0) is 0 Å². The van der Waals surface area contributed by atoms with Crippen LogP contribution >= 0.6 is 11.8 Å². The van der Waals surface area contributed by atoms with Crippen molar-refractivity contribution in [2.75, 3.05) is 0 Å². The summed E-state index contributed by atoms with van der Waals surface area (Å²) in [7, 11) is 0. The van der Waals surface area contributed by atoms with Crippen molar-refractivity contribution < 1.29 is 0 Å². The van der Waals surface area contributed by atoms with Crippen LogP contribution in [0.25, 0.3) is 0 Å². The SMILES string of the molecule is C=C1[C@@H]2CC[C@@H](S2)[C@@]1(C)CCC=C(C)C. The third-order valence-corrected chi connectivity index (χ3v) is 6.00. The molecule has 2 rings (SSSR count). The van der Waals surface area contributed by atoms with Gasteiger partial charge in [0, 0.05) is 15.9 Å². The van der Waals surface area contributed by atoms with E-state index in [0.717, 1.165) is 10.5 Å². The van der Waals surface area contributed by atoms with Gasteiger partial charge in [-0.25, -0.2) is 0 Å². The Morgan fingerprint density at radius 3 is 2.80 bits per heavy atom. The van der Waals surface area contributed by atoms with E-state index in [1.165, 1.54) is 36.8 Å². The van der Waals surface area contributed by atoms with Crippen molar-refractivity contribution in [2.45, 2.75) is 57.0 Å². The van der Waals surface area contributed by atoms with Crippen molar-refractivity contribution >= 4 is 11.8 Å². The lowest BCUT2D eigenvalue weighted by atomic mass is 9.69. The molecule has 0 aliphatic carbocycles. The molecule has 15 heavy (non-hydrogen) atoms. The second-order valence-corrected chi connectivity index (χ2v) is 6.86. The van der Waals surface area contributed by atoms with Gasteiger partial charge in [0.1, 0.15) is 0 Å². The van der Waals surface area contributed by atoms with Crippen molar-refractivity contribution in [3.8, 4) is 0 Å². The van der Waals surface area contributed by atoms with E-state index in [9.17, 15) is 0 Å². The maximum Gasteiger partial charge on any atom is 0.0263 e. The van der Waals surface area contributed by atoms with Gasteiger partial charge >= 0.3 is 0 Å². The van der Waals surface area contributed by atoms with E-state index in [1.807, 2.05) is 0 Å². The Morgan fingerprint density at radius 1 is 1.53 bits per heavy atom. The predicted octanol–water partition coefficient (Wildman–Crippen LogP) is 4.57. The molecule has 0 N–H and O–H groups in total. The molecule has 2 saturated heterocycles. The summed E-state index contributed by atoms with van der Waals surface area (Å²) in [5.74, 6) is 0. The van der Waals surface area contributed by atoms with Gasteiger partial charge in [0.05, 0.1) is 0 Å². The molecule has 2 heterocycles. The van der Waals surface area contributed by atoms with E-state index in [0.29, 0.717) is 5.41 Å². The van der Waals surface area contributed by atoms with E-state index in [4.69, 9.17) is 0 Å². The van der Waals surface area contributed by atoms with Crippen LogP contribution in [0.15, 0.2) is 23.8 Å². The first-order valence-corrected chi connectivity index (χ1v) is 6.96. The van der Waals surface area contributed by atoms with Crippen LogP contribution in [0.5, 0.6) is 0 Å². The molecule has 0 aromatic rings. The molecule has 3 atom stereocenters. The smallest absolute Gasteiger partial charge is 0.0263 e. The van der Waals surface area contributed by atoms with E-state index in [-0.39, 0.29) is 0 Å². The van der Waals surface area contributed by atoms with Crippen LogP contribution in [0.1, 0.15) is 46.5 Å². The number of allylic oxidation sites excluding steroid dienone is 2. The lowest BCUT2D eigenvalue weighted by molar-refractivity contribution is 0.323. The molecule has 2 fully saturated rings. The van der Waals surface area contributed by atoms with E-state index >= 15 is 0 Å². The van der Waals surface area contributed by atoms with Gasteiger partial charge in [-0.3, -0.25) is 0 Å². The molecule has 0 spiro atoms. The van der Waals surface area contributed by atoms with Crippen molar-refractivity contribution in [3.63, 3.8) is 0 Å². The highest BCUT2D eigenvalue weighted by Crippen LogP contribution is 2.60. The first-order chi connectivity index (χ1) is 7.04. The first kappa shape index (κ1) is 11.3. The van der Waals surface area contributed by atoms with Gasteiger partial charge in [-0.2, -0.15) is 0 Å². The minimum absolute atomic E-state index is 0.430. The maximum atomic E-state index is 4.35. The lowest BCUT2D eigenvalue weighted by Crippen LogP contribution is -2.30. The van der Waals surface area contributed by atoms with E-state index < -0.39 is 0 Å². The molecule has 0 unspecified atom stereocenters. The highest BCUT2D eigenvalue weighted by atomic mass is 32.2. The van der Waals surface area contributed by atoms with Crippen molar-refractivity contribution in [1.29, 1.82) is 0 Å². The normalized spacial score (nSPS) is 38.5. The third kappa shape index (κ3) is 1.91. The third-order valence-electron chi connectivity index (χ3n) is 4.07. The van der Waals surface area contributed by atoms with Crippen molar-refractivity contribution in [1.82, 2.24) is 0 Å². The molecule has 1 heteroatoms. The fraction of sp³-hybridized carbons (Fsp3) is 0.714. The zero-order valence-corrected chi connectivity index (χ0v) is 11.0. The zero-order valence-electron chi connectivity index (χ0n) is 10.2. The number of thioether (sulfide) groups is 1. The molecule has 0 aromatic heterocycles. The first-order valence-electron chi connectivity index (χ1n) is 6.02. The zero-order chi connectivity index (χ0) is 11.1.